The number of carbonyl (C=O) groups excluding carboxylic acids is 2. The molecule has 0 fully saturated rings. The van der Waals surface area contributed by atoms with Crippen LogP contribution >= 0.6 is 23.2 Å². The Morgan fingerprint density at radius 3 is 2.29 bits per heavy atom. The Morgan fingerprint density at radius 2 is 1.68 bits per heavy atom. The molecule has 202 valence electrons. The third-order valence-corrected chi connectivity index (χ3v) is 8.45. The first-order chi connectivity index (χ1) is 18.1. The second-order valence-electron chi connectivity index (χ2n) is 8.33. The van der Waals surface area contributed by atoms with E-state index >= 15 is 0 Å². The van der Waals surface area contributed by atoms with Crippen LogP contribution in [0.15, 0.2) is 77.7 Å². The minimum atomic E-state index is -4.16. The van der Waals surface area contributed by atoms with Crippen LogP contribution in [0.2, 0.25) is 10.0 Å². The molecule has 0 spiro atoms. The summed E-state index contributed by atoms with van der Waals surface area (Å²) in [5.74, 6) is -0.527. The van der Waals surface area contributed by atoms with Gasteiger partial charge in [-0.25, -0.2) is 8.42 Å². The maximum absolute atomic E-state index is 13.9. The summed E-state index contributed by atoms with van der Waals surface area (Å²) in [5, 5.41) is 3.24. The monoisotopic (exact) mass is 577 g/mol. The average molecular weight is 579 g/mol. The number of hydrogen-bond donors (Lipinski definition) is 1. The molecule has 0 bridgehead atoms. The molecule has 0 aliphatic rings. The summed E-state index contributed by atoms with van der Waals surface area (Å²) in [7, 11) is -1.21. The molecule has 8 nitrogen and oxygen atoms in total. The number of carbonyl (C=O) groups is 2. The van der Waals surface area contributed by atoms with Crippen molar-refractivity contribution in [1.82, 2.24) is 10.2 Å². The minimum Gasteiger partial charge on any atom is -0.497 e. The van der Waals surface area contributed by atoms with Crippen LogP contribution in [0.1, 0.15) is 18.9 Å². The lowest BCUT2D eigenvalue weighted by atomic mass is 10.1. The molecule has 38 heavy (non-hydrogen) atoms. The first-order valence-electron chi connectivity index (χ1n) is 11.8. The van der Waals surface area contributed by atoms with Gasteiger partial charge in [0.25, 0.3) is 10.0 Å². The van der Waals surface area contributed by atoms with E-state index in [1.54, 1.807) is 61.5 Å². The smallest absolute Gasteiger partial charge is 0.264 e. The van der Waals surface area contributed by atoms with Crippen molar-refractivity contribution in [3.63, 3.8) is 0 Å². The fourth-order valence-electron chi connectivity index (χ4n) is 3.93. The highest BCUT2D eigenvalue weighted by atomic mass is 35.5. The van der Waals surface area contributed by atoms with Crippen molar-refractivity contribution < 1.29 is 22.7 Å². The topological polar surface area (TPSA) is 96.0 Å². The fraction of sp³-hybridized carbons (Fsp3) is 0.259. The van der Waals surface area contributed by atoms with Crippen molar-refractivity contribution in [3.05, 3.63) is 88.4 Å². The van der Waals surface area contributed by atoms with Crippen molar-refractivity contribution in [3.8, 4) is 5.75 Å². The number of likely N-dealkylation sites (N-methyl/N-ethyl adjacent to an activating group) is 1. The molecule has 3 aromatic rings. The van der Waals surface area contributed by atoms with Crippen LogP contribution in [0.3, 0.4) is 0 Å². The summed E-state index contributed by atoms with van der Waals surface area (Å²) in [6.07, 6.45) is 0.303. The number of nitrogens with one attached hydrogen (secondary N) is 1. The van der Waals surface area contributed by atoms with E-state index in [0.29, 0.717) is 27.8 Å². The van der Waals surface area contributed by atoms with Crippen molar-refractivity contribution in [2.75, 3.05) is 25.0 Å². The third-order valence-electron chi connectivity index (χ3n) is 5.92. The molecule has 0 aliphatic heterocycles. The standard InChI is InChI=1S/C27H29Cl2N3O5S/c1-4-25(27(34)30-2)31(17-19-13-14-23(28)24(29)15-19)26(33)18-32(20-9-8-10-21(16-20)37-3)38(35,36)22-11-6-5-7-12-22/h5-16,25H,4,17-18H2,1-3H3,(H,30,34)/t25-/m0/s1. The van der Waals surface area contributed by atoms with Gasteiger partial charge in [0.15, 0.2) is 0 Å². The van der Waals surface area contributed by atoms with Crippen molar-refractivity contribution in [2.24, 2.45) is 0 Å². The van der Waals surface area contributed by atoms with Gasteiger partial charge < -0.3 is 15.0 Å². The molecule has 0 unspecified atom stereocenters. The number of halogens is 2. The normalized spacial score (nSPS) is 11.9. The quantitative estimate of drug-likeness (QED) is 0.354. The molecular formula is C27H29Cl2N3O5S. The molecule has 3 aromatic carbocycles. The lowest BCUT2D eigenvalue weighted by Crippen LogP contribution is -2.51. The van der Waals surface area contributed by atoms with Crippen molar-refractivity contribution in [1.29, 1.82) is 0 Å². The van der Waals surface area contributed by atoms with E-state index in [4.69, 9.17) is 27.9 Å². The van der Waals surface area contributed by atoms with E-state index in [1.807, 2.05) is 0 Å². The fourth-order valence-corrected chi connectivity index (χ4v) is 5.68. The van der Waals surface area contributed by atoms with E-state index in [0.717, 1.165) is 4.31 Å². The maximum Gasteiger partial charge on any atom is 0.264 e. The van der Waals surface area contributed by atoms with E-state index in [-0.39, 0.29) is 23.0 Å². The van der Waals surface area contributed by atoms with Crippen LogP contribution in [0.5, 0.6) is 5.75 Å². The molecule has 0 radical (unpaired) electrons. The SMILES string of the molecule is CC[C@@H](C(=O)NC)N(Cc1ccc(Cl)c(Cl)c1)C(=O)CN(c1cccc(OC)c1)S(=O)(=O)c1ccccc1. The number of anilines is 1. The minimum absolute atomic E-state index is 0.0129. The van der Waals surface area contributed by atoms with Crippen LogP contribution in [0.4, 0.5) is 5.69 Å². The van der Waals surface area contributed by atoms with Crippen LogP contribution in [-0.4, -0.2) is 51.9 Å². The van der Waals surface area contributed by atoms with Gasteiger partial charge in [0.05, 0.1) is 27.7 Å². The predicted octanol–water partition coefficient (Wildman–Crippen LogP) is 4.75. The highest BCUT2D eigenvalue weighted by Crippen LogP contribution is 2.28. The Labute approximate surface area is 233 Å². The van der Waals surface area contributed by atoms with Crippen molar-refractivity contribution >= 4 is 50.7 Å². The van der Waals surface area contributed by atoms with Gasteiger partial charge in [-0.2, -0.15) is 0 Å². The van der Waals surface area contributed by atoms with Gasteiger partial charge in [0.2, 0.25) is 11.8 Å². The van der Waals surface area contributed by atoms with Gasteiger partial charge in [-0.1, -0.05) is 60.5 Å². The molecule has 0 aromatic heterocycles. The van der Waals surface area contributed by atoms with Gasteiger partial charge in [-0.3, -0.25) is 13.9 Å². The zero-order chi connectivity index (χ0) is 27.9. The van der Waals surface area contributed by atoms with E-state index in [1.165, 1.54) is 37.3 Å². The third kappa shape index (κ3) is 6.78. The zero-order valence-electron chi connectivity index (χ0n) is 21.2. The average Bonchev–Trinajstić information content (AvgIpc) is 2.93. The first-order valence-corrected chi connectivity index (χ1v) is 14.0. The molecule has 1 atom stereocenters. The van der Waals surface area contributed by atoms with Gasteiger partial charge in [-0.05, 0) is 48.4 Å². The highest BCUT2D eigenvalue weighted by molar-refractivity contribution is 7.92. The Balaban J connectivity index is 2.07. The summed E-state index contributed by atoms with van der Waals surface area (Å²) in [4.78, 5) is 28.0. The molecule has 0 heterocycles. The lowest BCUT2D eigenvalue weighted by molar-refractivity contribution is -0.140. The summed E-state index contributed by atoms with van der Waals surface area (Å²) >= 11 is 12.2. The molecule has 0 saturated carbocycles. The van der Waals surface area contributed by atoms with E-state index < -0.39 is 28.5 Å². The number of nitrogens with zero attached hydrogens (tertiary/aromatic N) is 2. The van der Waals surface area contributed by atoms with Gasteiger partial charge >= 0.3 is 0 Å². The van der Waals surface area contributed by atoms with Gasteiger partial charge in [0.1, 0.15) is 18.3 Å². The Hall–Kier alpha value is -3.27. The molecule has 1 N–H and O–H groups in total. The number of methoxy groups -OCH3 is 1. The van der Waals surface area contributed by atoms with E-state index in [2.05, 4.69) is 5.32 Å². The molecule has 11 heteroatoms. The van der Waals surface area contributed by atoms with E-state index in [9.17, 15) is 18.0 Å². The number of sulfonamides is 1. The predicted molar refractivity (Wildman–Crippen MR) is 149 cm³/mol. The Kier molecular flexibility index (Phi) is 10.0. The summed E-state index contributed by atoms with van der Waals surface area (Å²) < 4.78 is 33.8. The lowest BCUT2D eigenvalue weighted by Gasteiger charge is -2.33. The number of hydrogen-bond acceptors (Lipinski definition) is 5. The number of amides is 2. The molecular weight excluding hydrogens is 549 g/mol. The maximum atomic E-state index is 13.9. The number of rotatable bonds is 11. The zero-order valence-corrected chi connectivity index (χ0v) is 23.6. The summed E-state index contributed by atoms with van der Waals surface area (Å²) in [6, 6.07) is 18.3. The molecule has 0 aliphatic carbocycles. The first kappa shape index (κ1) is 29.3. The second-order valence-corrected chi connectivity index (χ2v) is 11.0. The van der Waals surface area contributed by atoms with Crippen LogP contribution < -0.4 is 14.4 Å². The van der Waals surface area contributed by atoms with Crippen molar-refractivity contribution in [2.45, 2.75) is 30.8 Å². The number of ether oxygens (including phenoxy) is 1. The summed E-state index contributed by atoms with van der Waals surface area (Å²) in [6.45, 7) is 1.23. The van der Waals surface area contributed by atoms with Crippen LogP contribution in [-0.2, 0) is 26.2 Å². The largest absolute Gasteiger partial charge is 0.497 e. The highest BCUT2D eigenvalue weighted by Gasteiger charge is 2.33. The Morgan fingerprint density at radius 1 is 0.974 bits per heavy atom. The molecule has 2 amide bonds. The van der Waals surface area contributed by atoms with Gasteiger partial charge in [-0.15, -0.1) is 0 Å². The Bertz CT molecular complexity index is 1390. The molecule has 0 saturated heterocycles. The second kappa shape index (κ2) is 13.0. The van der Waals surface area contributed by atoms with Gasteiger partial charge in [0, 0.05) is 19.7 Å². The summed E-state index contributed by atoms with van der Waals surface area (Å²) in [5.41, 5.74) is 0.873. The molecule has 3 rings (SSSR count). The number of benzene rings is 3. The van der Waals surface area contributed by atoms with Crippen LogP contribution in [0, 0.1) is 0 Å². The van der Waals surface area contributed by atoms with Crippen LogP contribution in [0.25, 0.3) is 0 Å².